The van der Waals surface area contributed by atoms with Gasteiger partial charge in [-0.3, -0.25) is 10.1 Å². The molecule has 0 fully saturated rings. The van der Waals surface area contributed by atoms with Gasteiger partial charge in [0.15, 0.2) is 0 Å². The largest absolute Gasteiger partial charge is 0.478 e. The van der Waals surface area contributed by atoms with Gasteiger partial charge in [-0.15, -0.1) is 0 Å². The lowest BCUT2D eigenvalue weighted by Gasteiger charge is -2.00. The van der Waals surface area contributed by atoms with E-state index in [1.165, 1.54) is 35.1 Å². The van der Waals surface area contributed by atoms with Gasteiger partial charge >= 0.3 is 5.97 Å². The predicted molar refractivity (Wildman–Crippen MR) is 82.6 cm³/mol. The van der Waals surface area contributed by atoms with Gasteiger partial charge in [0.2, 0.25) is 0 Å². The van der Waals surface area contributed by atoms with Crippen LogP contribution in [0.2, 0.25) is 0 Å². The molecule has 0 aliphatic heterocycles. The number of aromatic carboxylic acids is 1. The number of nitrogens with zero attached hydrogens (tertiary/aromatic N) is 3. The Kier molecular flexibility index (Phi) is 3.60. The van der Waals surface area contributed by atoms with Crippen molar-refractivity contribution in [2.24, 2.45) is 0 Å². The fourth-order valence-corrected chi connectivity index (χ4v) is 2.20. The van der Waals surface area contributed by atoms with Crippen molar-refractivity contribution < 1.29 is 14.8 Å². The number of hydrogen-bond acceptors (Lipinski definition) is 4. The number of nitro groups is 1. The molecule has 0 bridgehead atoms. The van der Waals surface area contributed by atoms with E-state index in [0.29, 0.717) is 5.56 Å². The van der Waals surface area contributed by atoms with Gasteiger partial charge in [0.05, 0.1) is 10.6 Å². The van der Waals surface area contributed by atoms with Crippen LogP contribution in [0.4, 0.5) is 5.69 Å². The first-order chi connectivity index (χ1) is 11.1. The molecule has 3 aromatic rings. The van der Waals surface area contributed by atoms with E-state index in [-0.39, 0.29) is 16.9 Å². The number of aromatic nitrogens is 2. The Balaban J connectivity index is 2.09. The third kappa shape index (κ3) is 2.80. The van der Waals surface area contributed by atoms with Crippen LogP contribution in [0.3, 0.4) is 0 Å². The smallest absolute Gasteiger partial charge is 0.339 e. The zero-order valence-electron chi connectivity index (χ0n) is 11.8. The number of carbonyl (C=O) groups is 1. The van der Waals surface area contributed by atoms with E-state index in [1.807, 2.05) is 18.2 Å². The zero-order valence-corrected chi connectivity index (χ0v) is 11.8. The average Bonchev–Trinajstić information content (AvgIpc) is 3.01. The molecule has 114 valence electrons. The van der Waals surface area contributed by atoms with Crippen LogP contribution in [-0.4, -0.2) is 25.8 Å². The molecule has 0 aliphatic rings. The van der Waals surface area contributed by atoms with Crippen LogP contribution in [0.15, 0.2) is 60.8 Å². The van der Waals surface area contributed by atoms with Crippen LogP contribution in [-0.2, 0) is 0 Å². The molecule has 7 heteroatoms. The van der Waals surface area contributed by atoms with Gasteiger partial charge in [0.1, 0.15) is 11.3 Å². The van der Waals surface area contributed by atoms with E-state index in [1.54, 1.807) is 12.1 Å². The highest BCUT2D eigenvalue weighted by molar-refractivity contribution is 5.94. The van der Waals surface area contributed by atoms with Crippen molar-refractivity contribution in [3.8, 4) is 16.9 Å². The molecule has 1 aromatic heterocycles. The highest BCUT2D eigenvalue weighted by Gasteiger charge is 2.18. The first-order valence-electron chi connectivity index (χ1n) is 6.69. The topological polar surface area (TPSA) is 98.3 Å². The van der Waals surface area contributed by atoms with Crippen LogP contribution in [0, 0.1) is 10.1 Å². The molecule has 0 spiro atoms. The van der Waals surface area contributed by atoms with Crippen molar-refractivity contribution in [3.63, 3.8) is 0 Å². The predicted octanol–water partition coefficient (Wildman–Crippen LogP) is 3.15. The third-order valence-electron chi connectivity index (χ3n) is 3.32. The number of rotatable bonds is 4. The molecule has 2 aromatic carbocycles. The standard InChI is InChI=1S/C16H11N3O4/c20-16(21)14-10-18(12-4-2-1-3-5-12)17-15(14)11-6-8-13(9-7-11)19(22)23/h1-10H,(H,20,21). The van der Waals surface area contributed by atoms with Crippen LogP contribution in [0.1, 0.15) is 10.4 Å². The van der Waals surface area contributed by atoms with Crippen LogP contribution in [0.5, 0.6) is 0 Å². The molecule has 0 aliphatic carbocycles. The molecule has 7 nitrogen and oxygen atoms in total. The summed E-state index contributed by atoms with van der Waals surface area (Å²) in [4.78, 5) is 21.6. The molecule has 0 saturated heterocycles. The summed E-state index contributed by atoms with van der Waals surface area (Å²) in [5, 5.41) is 24.4. The highest BCUT2D eigenvalue weighted by atomic mass is 16.6. The van der Waals surface area contributed by atoms with Crippen molar-refractivity contribution in [2.75, 3.05) is 0 Å². The molecule has 0 amide bonds. The molecule has 3 rings (SSSR count). The van der Waals surface area contributed by atoms with Gasteiger partial charge in [-0.1, -0.05) is 18.2 Å². The summed E-state index contributed by atoms with van der Waals surface area (Å²) in [5.74, 6) is -1.11. The maximum atomic E-state index is 11.5. The number of carboxylic acid groups (broad SMARTS) is 1. The first-order valence-corrected chi connectivity index (χ1v) is 6.69. The summed E-state index contributed by atoms with van der Waals surface area (Å²) in [6, 6.07) is 14.7. The van der Waals surface area contributed by atoms with Gasteiger partial charge in [0, 0.05) is 23.9 Å². The van der Waals surface area contributed by atoms with E-state index in [9.17, 15) is 20.0 Å². The number of carboxylic acids is 1. The Hall–Kier alpha value is -3.48. The summed E-state index contributed by atoms with van der Waals surface area (Å²) in [6.07, 6.45) is 1.43. The minimum Gasteiger partial charge on any atom is -0.478 e. The maximum Gasteiger partial charge on any atom is 0.339 e. The van der Waals surface area contributed by atoms with Crippen molar-refractivity contribution >= 4 is 11.7 Å². The van der Waals surface area contributed by atoms with E-state index >= 15 is 0 Å². The Morgan fingerprint density at radius 2 is 1.74 bits per heavy atom. The minimum absolute atomic E-state index is 0.0303. The SMILES string of the molecule is O=C(O)c1cn(-c2ccccc2)nc1-c1ccc([N+](=O)[O-])cc1. The van der Waals surface area contributed by atoms with Gasteiger partial charge < -0.3 is 5.11 Å². The highest BCUT2D eigenvalue weighted by Crippen LogP contribution is 2.25. The first kappa shape index (κ1) is 14.5. The van der Waals surface area contributed by atoms with Gasteiger partial charge in [-0.2, -0.15) is 5.10 Å². The van der Waals surface area contributed by atoms with Crippen LogP contribution >= 0.6 is 0 Å². The lowest BCUT2D eigenvalue weighted by Crippen LogP contribution is -1.96. The monoisotopic (exact) mass is 309 g/mol. The van der Waals surface area contributed by atoms with Crippen LogP contribution < -0.4 is 0 Å². The molecule has 1 N–H and O–H groups in total. The summed E-state index contributed by atoms with van der Waals surface area (Å²) in [5.41, 5.74) is 1.46. The molecule has 0 atom stereocenters. The number of hydrogen-bond donors (Lipinski definition) is 1. The number of para-hydroxylation sites is 1. The maximum absolute atomic E-state index is 11.5. The molecule has 0 radical (unpaired) electrons. The summed E-state index contributed by atoms with van der Waals surface area (Å²) < 4.78 is 1.47. The minimum atomic E-state index is -1.11. The second-order valence-corrected chi connectivity index (χ2v) is 4.78. The molecular weight excluding hydrogens is 298 g/mol. The number of non-ortho nitro benzene ring substituents is 1. The van der Waals surface area contributed by atoms with Gasteiger partial charge in [-0.05, 0) is 24.3 Å². The van der Waals surface area contributed by atoms with Crippen molar-refractivity contribution in [1.29, 1.82) is 0 Å². The molecular formula is C16H11N3O4. The second-order valence-electron chi connectivity index (χ2n) is 4.78. The van der Waals surface area contributed by atoms with Crippen molar-refractivity contribution in [1.82, 2.24) is 9.78 Å². The molecule has 0 unspecified atom stereocenters. The van der Waals surface area contributed by atoms with E-state index in [4.69, 9.17) is 0 Å². The number of nitro benzene ring substituents is 1. The van der Waals surface area contributed by atoms with Gasteiger partial charge in [-0.25, -0.2) is 9.48 Å². The van der Waals surface area contributed by atoms with Crippen LogP contribution in [0.25, 0.3) is 16.9 Å². The lowest BCUT2D eigenvalue weighted by atomic mass is 10.1. The van der Waals surface area contributed by atoms with Crippen molar-refractivity contribution in [2.45, 2.75) is 0 Å². The molecule has 1 heterocycles. The lowest BCUT2D eigenvalue weighted by molar-refractivity contribution is -0.384. The Bertz CT molecular complexity index is 870. The Morgan fingerprint density at radius 3 is 2.30 bits per heavy atom. The summed E-state index contributed by atoms with van der Waals surface area (Å²) in [6.45, 7) is 0. The fourth-order valence-electron chi connectivity index (χ4n) is 2.20. The molecule has 0 saturated carbocycles. The summed E-state index contributed by atoms with van der Waals surface area (Å²) in [7, 11) is 0. The Labute approximate surface area is 130 Å². The van der Waals surface area contributed by atoms with Gasteiger partial charge in [0.25, 0.3) is 5.69 Å². The zero-order chi connectivity index (χ0) is 16.4. The third-order valence-corrected chi connectivity index (χ3v) is 3.32. The molecule has 23 heavy (non-hydrogen) atoms. The van der Waals surface area contributed by atoms with E-state index in [0.717, 1.165) is 5.69 Å². The van der Waals surface area contributed by atoms with E-state index in [2.05, 4.69) is 5.10 Å². The second kappa shape index (κ2) is 5.72. The summed E-state index contributed by atoms with van der Waals surface area (Å²) >= 11 is 0. The number of benzene rings is 2. The quantitative estimate of drug-likeness (QED) is 0.589. The average molecular weight is 309 g/mol. The van der Waals surface area contributed by atoms with E-state index < -0.39 is 10.9 Å². The normalized spacial score (nSPS) is 10.4. The van der Waals surface area contributed by atoms with Crippen molar-refractivity contribution in [3.05, 3.63) is 76.5 Å². The fraction of sp³-hybridized carbons (Fsp3) is 0. The Morgan fingerprint density at radius 1 is 1.09 bits per heavy atom.